The zero-order valence-electron chi connectivity index (χ0n) is 25.0. The first-order valence-corrected chi connectivity index (χ1v) is 13.2. The van der Waals surface area contributed by atoms with Crippen molar-refractivity contribution < 1.29 is 0 Å². The highest BCUT2D eigenvalue weighted by Crippen LogP contribution is 1.99. The van der Waals surface area contributed by atoms with Crippen LogP contribution < -0.4 is 10.6 Å². The van der Waals surface area contributed by atoms with E-state index in [1.807, 2.05) is 13.1 Å². The summed E-state index contributed by atoms with van der Waals surface area (Å²) in [6.07, 6.45) is 0. The summed E-state index contributed by atoms with van der Waals surface area (Å²) in [4.78, 5) is 4.78. The zero-order valence-corrected chi connectivity index (χ0v) is 25.0. The van der Waals surface area contributed by atoms with Gasteiger partial charge in [-0.25, -0.2) is 0 Å². The molecular formula is C29H62N4. The standard InChI is InChI=1S/C10H15N.C8H19N.C7H17N.C4H11N/c1-9(2)11-8-10-6-4-3-5-7-10;1-7(2)6-9(5)8(3)4;1-5-8(6-2)7(3)4;1-4(2)5-3/h3-7,9,11H,8H2,1-2H3;7-8H,6H2,1-5H3;7H,5-6H2,1-4H3;4-5H,1-3H3. The van der Waals surface area contributed by atoms with Crippen molar-refractivity contribution in [2.24, 2.45) is 5.92 Å². The molecule has 0 saturated carbocycles. The molecule has 2 N–H and O–H groups in total. The summed E-state index contributed by atoms with van der Waals surface area (Å²) in [6, 6.07) is 13.0. The molecule has 0 aromatic heterocycles. The summed E-state index contributed by atoms with van der Waals surface area (Å²) < 4.78 is 0. The molecule has 0 radical (unpaired) electrons. The molecule has 0 spiro atoms. The van der Waals surface area contributed by atoms with Gasteiger partial charge in [0.05, 0.1) is 0 Å². The number of benzene rings is 1. The van der Waals surface area contributed by atoms with E-state index >= 15 is 0 Å². The second-order valence-corrected chi connectivity index (χ2v) is 10.2. The fraction of sp³-hybridized carbons (Fsp3) is 0.793. The van der Waals surface area contributed by atoms with Crippen molar-refractivity contribution >= 4 is 0 Å². The van der Waals surface area contributed by atoms with Gasteiger partial charge >= 0.3 is 0 Å². The highest BCUT2D eigenvalue weighted by molar-refractivity contribution is 5.14. The monoisotopic (exact) mass is 466 g/mol. The third-order valence-corrected chi connectivity index (χ3v) is 5.21. The van der Waals surface area contributed by atoms with Gasteiger partial charge in [0.2, 0.25) is 0 Å². The molecule has 1 aromatic rings. The normalized spacial score (nSPS) is 10.9. The minimum Gasteiger partial charge on any atom is -0.318 e. The minimum absolute atomic E-state index is 0.565. The van der Waals surface area contributed by atoms with Crippen LogP contribution in [0.25, 0.3) is 0 Å². The van der Waals surface area contributed by atoms with Crippen LogP contribution in [-0.2, 0) is 6.54 Å². The minimum atomic E-state index is 0.565. The van der Waals surface area contributed by atoms with Crippen LogP contribution in [0.3, 0.4) is 0 Å². The molecule has 0 amide bonds. The average Bonchev–Trinajstić information content (AvgIpc) is 2.74. The van der Waals surface area contributed by atoms with Gasteiger partial charge in [0.25, 0.3) is 0 Å². The van der Waals surface area contributed by atoms with E-state index in [1.54, 1.807) is 0 Å². The van der Waals surface area contributed by atoms with Gasteiger partial charge in [0, 0.05) is 37.3 Å². The van der Waals surface area contributed by atoms with E-state index in [0.717, 1.165) is 12.5 Å². The van der Waals surface area contributed by atoms with Gasteiger partial charge < -0.3 is 20.4 Å². The molecule has 198 valence electrons. The molecule has 0 atom stereocenters. The van der Waals surface area contributed by atoms with Crippen molar-refractivity contribution in [1.29, 1.82) is 0 Å². The number of nitrogens with one attached hydrogen (secondary N) is 2. The van der Waals surface area contributed by atoms with Gasteiger partial charge in [-0.15, -0.1) is 0 Å². The van der Waals surface area contributed by atoms with Gasteiger partial charge in [-0.2, -0.15) is 0 Å². The highest BCUT2D eigenvalue weighted by Gasteiger charge is 2.03. The van der Waals surface area contributed by atoms with Crippen LogP contribution >= 0.6 is 0 Å². The second-order valence-electron chi connectivity index (χ2n) is 10.2. The number of nitrogens with zero attached hydrogens (tertiary/aromatic N) is 2. The summed E-state index contributed by atoms with van der Waals surface area (Å²) in [5.41, 5.74) is 1.35. The maximum Gasteiger partial charge on any atom is 0.0207 e. The Morgan fingerprint density at radius 3 is 1.39 bits per heavy atom. The van der Waals surface area contributed by atoms with Crippen molar-refractivity contribution in [3.63, 3.8) is 0 Å². The third kappa shape index (κ3) is 29.0. The molecule has 4 heteroatoms. The Labute approximate surface area is 209 Å². The molecule has 0 aliphatic rings. The summed E-state index contributed by atoms with van der Waals surface area (Å²) in [7, 11) is 4.12. The molecule has 0 bridgehead atoms. The fourth-order valence-electron chi connectivity index (χ4n) is 2.66. The van der Waals surface area contributed by atoms with E-state index in [2.05, 4.69) is 135 Å². The van der Waals surface area contributed by atoms with Crippen LogP contribution in [0.4, 0.5) is 0 Å². The quantitative estimate of drug-likeness (QED) is 0.411. The van der Waals surface area contributed by atoms with Crippen LogP contribution in [0.15, 0.2) is 30.3 Å². The first-order chi connectivity index (χ1) is 15.3. The predicted octanol–water partition coefficient (Wildman–Crippen LogP) is 6.52. The molecule has 0 heterocycles. The fourth-order valence-corrected chi connectivity index (χ4v) is 2.66. The average molecular weight is 467 g/mol. The van der Waals surface area contributed by atoms with Gasteiger partial charge in [-0.1, -0.05) is 85.7 Å². The van der Waals surface area contributed by atoms with Crippen LogP contribution in [0.2, 0.25) is 0 Å². The summed E-state index contributed by atoms with van der Waals surface area (Å²) >= 11 is 0. The topological polar surface area (TPSA) is 30.5 Å². The summed E-state index contributed by atoms with van der Waals surface area (Å²) in [6.45, 7) is 30.9. The van der Waals surface area contributed by atoms with Crippen LogP contribution in [0, 0.1) is 5.92 Å². The van der Waals surface area contributed by atoms with Crippen molar-refractivity contribution in [2.75, 3.05) is 33.7 Å². The SMILES string of the molecule is CC(C)CN(C)C(C)C.CC(C)NCc1ccccc1.CCN(CC)C(C)C.CNC(C)C. The van der Waals surface area contributed by atoms with Crippen molar-refractivity contribution in [3.8, 4) is 0 Å². The third-order valence-electron chi connectivity index (χ3n) is 5.21. The summed E-state index contributed by atoms with van der Waals surface area (Å²) in [5, 5.41) is 6.39. The highest BCUT2D eigenvalue weighted by atomic mass is 15.1. The first-order valence-electron chi connectivity index (χ1n) is 13.2. The van der Waals surface area contributed by atoms with Crippen LogP contribution in [0.5, 0.6) is 0 Å². The number of hydrogen-bond donors (Lipinski definition) is 2. The molecule has 0 aliphatic heterocycles. The Morgan fingerprint density at radius 2 is 1.18 bits per heavy atom. The smallest absolute Gasteiger partial charge is 0.0207 e. The Morgan fingerprint density at radius 1 is 0.727 bits per heavy atom. The van der Waals surface area contributed by atoms with Gasteiger partial charge in [0.15, 0.2) is 0 Å². The molecule has 33 heavy (non-hydrogen) atoms. The lowest BCUT2D eigenvalue weighted by Crippen LogP contribution is -2.29. The lowest BCUT2D eigenvalue weighted by molar-refractivity contribution is 0.244. The van der Waals surface area contributed by atoms with Crippen molar-refractivity contribution in [1.82, 2.24) is 20.4 Å². The lowest BCUT2D eigenvalue weighted by Gasteiger charge is -2.22. The molecule has 0 fully saturated rings. The predicted molar refractivity (Wildman–Crippen MR) is 153 cm³/mol. The molecule has 1 aromatic carbocycles. The van der Waals surface area contributed by atoms with E-state index in [9.17, 15) is 0 Å². The van der Waals surface area contributed by atoms with E-state index in [-0.39, 0.29) is 0 Å². The van der Waals surface area contributed by atoms with E-state index < -0.39 is 0 Å². The zero-order chi connectivity index (χ0) is 26.4. The van der Waals surface area contributed by atoms with E-state index in [1.165, 1.54) is 25.2 Å². The molecular weight excluding hydrogens is 404 g/mol. The van der Waals surface area contributed by atoms with Crippen molar-refractivity contribution in [2.45, 2.75) is 114 Å². The lowest BCUT2D eigenvalue weighted by atomic mass is 10.2. The molecule has 4 nitrogen and oxygen atoms in total. The Balaban J connectivity index is -0.000000377. The van der Waals surface area contributed by atoms with Crippen molar-refractivity contribution in [3.05, 3.63) is 35.9 Å². The molecule has 0 saturated heterocycles. The van der Waals surface area contributed by atoms with E-state index in [0.29, 0.717) is 24.2 Å². The Kier molecular flexibility index (Phi) is 26.9. The molecule has 0 aliphatic carbocycles. The van der Waals surface area contributed by atoms with Gasteiger partial charge in [-0.3, -0.25) is 0 Å². The molecule has 1 rings (SSSR count). The Bertz CT molecular complexity index is 480. The van der Waals surface area contributed by atoms with Gasteiger partial charge in [-0.05, 0) is 66.4 Å². The largest absolute Gasteiger partial charge is 0.318 e. The summed E-state index contributed by atoms with van der Waals surface area (Å²) in [5.74, 6) is 0.789. The number of hydrogen-bond acceptors (Lipinski definition) is 4. The molecule has 0 unspecified atom stereocenters. The van der Waals surface area contributed by atoms with Crippen LogP contribution in [0.1, 0.15) is 88.6 Å². The maximum absolute atomic E-state index is 3.36. The first kappa shape index (κ1) is 36.6. The second kappa shape index (κ2) is 24.2. The maximum atomic E-state index is 3.36. The Hall–Kier alpha value is -0.940. The van der Waals surface area contributed by atoms with E-state index in [4.69, 9.17) is 0 Å². The van der Waals surface area contributed by atoms with Crippen LogP contribution in [-0.4, -0.2) is 67.7 Å². The van der Waals surface area contributed by atoms with Gasteiger partial charge in [0.1, 0.15) is 0 Å². The number of rotatable bonds is 10.